The molecule has 4 rings (SSSR count). The lowest BCUT2D eigenvalue weighted by Crippen LogP contribution is -2.43. The molecule has 2 aliphatic rings. The lowest BCUT2D eigenvalue weighted by molar-refractivity contribution is -0.137. The molecular formula is C19H15F3N4O2. The summed E-state index contributed by atoms with van der Waals surface area (Å²) in [4.78, 5) is 26.9. The van der Waals surface area contributed by atoms with Gasteiger partial charge in [-0.05, 0) is 43.3 Å². The first-order valence-corrected chi connectivity index (χ1v) is 8.52. The highest BCUT2D eigenvalue weighted by Crippen LogP contribution is 2.32. The zero-order chi connectivity index (χ0) is 20.1. The molecule has 0 bridgehead atoms. The van der Waals surface area contributed by atoms with Crippen molar-refractivity contribution in [1.82, 2.24) is 15.1 Å². The first-order chi connectivity index (χ1) is 13.3. The number of carbonyl (C=O) groups excluding carboxylic acids is 2. The van der Waals surface area contributed by atoms with Crippen molar-refractivity contribution < 1.29 is 22.8 Å². The first-order valence-electron chi connectivity index (χ1n) is 8.52. The van der Waals surface area contributed by atoms with Crippen LogP contribution in [-0.4, -0.2) is 28.1 Å². The van der Waals surface area contributed by atoms with Gasteiger partial charge in [0.25, 0.3) is 11.8 Å². The number of halogens is 3. The zero-order valence-electron chi connectivity index (χ0n) is 14.7. The summed E-state index contributed by atoms with van der Waals surface area (Å²) in [5, 5.41) is 6.83. The van der Waals surface area contributed by atoms with Crippen LogP contribution in [0.4, 0.5) is 18.9 Å². The van der Waals surface area contributed by atoms with E-state index >= 15 is 0 Å². The molecule has 1 N–H and O–H groups in total. The summed E-state index contributed by atoms with van der Waals surface area (Å²) >= 11 is 0. The Labute approximate surface area is 157 Å². The first kappa shape index (κ1) is 18.0. The Morgan fingerprint density at radius 1 is 1.25 bits per heavy atom. The Morgan fingerprint density at radius 3 is 2.50 bits per heavy atom. The van der Waals surface area contributed by atoms with Gasteiger partial charge in [0.2, 0.25) is 0 Å². The second-order valence-corrected chi connectivity index (χ2v) is 6.60. The van der Waals surface area contributed by atoms with Crippen molar-refractivity contribution in [2.75, 3.05) is 11.4 Å². The second kappa shape index (κ2) is 6.36. The van der Waals surface area contributed by atoms with Gasteiger partial charge in [-0.2, -0.15) is 18.3 Å². The van der Waals surface area contributed by atoms with E-state index in [2.05, 4.69) is 10.4 Å². The van der Waals surface area contributed by atoms with Gasteiger partial charge in [0.1, 0.15) is 5.69 Å². The number of nitrogens with zero attached hydrogens (tertiary/aromatic N) is 3. The van der Waals surface area contributed by atoms with Crippen LogP contribution in [0, 0.1) is 0 Å². The lowest BCUT2D eigenvalue weighted by Gasteiger charge is -2.32. The largest absolute Gasteiger partial charge is 0.416 e. The fourth-order valence-corrected chi connectivity index (χ4v) is 3.16. The number of anilines is 1. The van der Waals surface area contributed by atoms with Crippen LogP contribution < -0.4 is 10.2 Å². The van der Waals surface area contributed by atoms with Crippen LogP contribution >= 0.6 is 0 Å². The van der Waals surface area contributed by atoms with Gasteiger partial charge in [0, 0.05) is 17.9 Å². The summed E-state index contributed by atoms with van der Waals surface area (Å²) in [5.41, 5.74) is 0.393. The number of hydrogen-bond acceptors (Lipinski definition) is 3. The summed E-state index contributed by atoms with van der Waals surface area (Å²) in [6.45, 7) is 2.05. The van der Waals surface area contributed by atoms with Gasteiger partial charge in [-0.15, -0.1) is 0 Å². The number of nitrogens with one attached hydrogen (secondary N) is 1. The molecule has 1 aliphatic carbocycles. The minimum atomic E-state index is -4.45. The maximum absolute atomic E-state index is 13.0. The highest BCUT2D eigenvalue weighted by molar-refractivity contribution is 6.13. The van der Waals surface area contributed by atoms with E-state index in [-0.39, 0.29) is 23.8 Å². The van der Waals surface area contributed by atoms with Crippen LogP contribution in [0.3, 0.4) is 0 Å². The predicted octanol–water partition coefficient (Wildman–Crippen LogP) is 3.31. The van der Waals surface area contributed by atoms with Crippen molar-refractivity contribution in [1.29, 1.82) is 0 Å². The smallest absolute Gasteiger partial charge is 0.322 e. The standard InChI is InChI=1S/C19H15F3N4O2/c1-11-10-25(14-7-5-12(6-8-14)19(20,21)22)18(28)16-15(9-23-26(11)16)17(27)24-13-3-2-4-13/h2-9,11H,10H2,1H3,(H,24,27)/t11-/m0/s1. The van der Waals surface area contributed by atoms with Crippen LogP contribution in [0.1, 0.15) is 39.4 Å². The number of allylic oxidation sites excluding steroid dienone is 3. The Hall–Kier alpha value is -3.36. The third kappa shape index (κ3) is 2.98. The van der Waals surface area contributed by atoms with Gasteiger partial charge in [0.15, 0.2) is 0 Å². The third-order valence-electron chi connectivity index (χ3n) is 4.67. The molecule has 0 saturated heterocycles. The fraction of sp³-hybridized carbons (Fsp3) is 0.211. The molecule has 28 heavy (non-hydrogen) atoms. The van der Waals surface area contributed by atoms with E-state index in [9.17, 15) is 22.8 Å². The van der Waals surface area contributed by atoms with Gasteiger partial charge in [-0.25, -0.2) is 0 Å². The number of carbonyl (C=O) groups is 2. The highest BCUT2D eigenvalue weighted by atomic mass is 19.4. The van der Waals surface area contributed by atoms with Crippen molar-refractivity contribution in [2.45, 2.75) is 19.1 Å². The average Bonchev–Trinajstić information content (AvgIpc) is 3.06. The summed E-state index contributed by atoms with van der Waals surface area (Å²) in [5.74, 6) is -0.953. The Bertz CT molecular complexity index is 1020. The van der Waals surface area contributed by atoms with Gasteiger partial charge < -0.3 is 10.2 Å². The van der Waals surface area contributed by atoms with E-state index in [1.807, 2.05) is 6.92 Å². The Morgan fingerprint density at radius 2 is 1.93 bits per heavy atom. The van der Waals surface area contributed by atoms with Crippen molar-refractivity contribution >= 4 is 17.5 Å². The Balaban J connectivity index is 1.65. The number of amides is 2. The molecule has 0 fully saturated rings. The summed E-state index contributed by atoms with van der Waals surface area (Å²) < 4.78 is 39.8. The van der Waals surface area contributed by atoms with Crippen molar-refractivity contribution in [2.24, 2.45) is 0 Å². The fourth-order valence-electron chi connectivity index (χ4n) is 3.16. The van der Waals surface area contributed by atoms with E-state index in [0.29, 0.717) is 11.4 Å². The molecule has 9 heteroatoms. The predicted molar refractivity (Wildman–Crippen MR) is 94.7 cm³/mol. The molecular weight excluding hydrogens is 373 g/mol. The quantitative estimate of drug-likeness (QED) is 0.877. The highest BCUT2D eigenvalue weighted by Gasteiger charge is 2.36. The van der Waals surface area contributed by atoms with Crippen LogP contribution in [0.25, 0.3) is 0 Å². The van der Waals surface area contributed by atoms with Crippen molar-refractivity contribution in [3.8, 4) is 0 Å². The summed E-state index contributed by atoms with van der Waals surface area (Å²) in [6, 6.07) is 4.12. The van der Waals surface area contributed by atoms with Crippen LogP contribution in [0.15, 0.2) is 54.4 Å². The molecule has 144 valence electrons. The number of rotatable bonds is 3. The van der Waals surface area contributed by atoms with E-state index in [1.54, 1.807) is 18.2 Å². The second-order valence-electron chi connectivity index (χ2n) is 6.60. The molecule has 1 aromatic heterocycles. The number of aromatic nitrogens is 2. The monoisotopic (exact) mass is 388 g/mol. The number of fused-ring (bicyclic) bond motifs is 1. The van der Waals surface area contributed by atoms with Crippen molar-refractivity contribution in [3.63, 3.8) is 0 Å². The van der Waals surface area contributed by atoms with Gasteiger partial charge in [0.05, 0.1) is 23.4 Å². The van der Waals surface area contributed by atoms with Gasteiger partial charge >= 0.3 is 6.18 Å². The lowest BCUT2D eigenvalue weighted by atomic mass is 10.1. The molecule has 2 heterocycles. The number of alkyl halides is 3. The van der Waals surface area contributed by atoms with Crippen LogP contribution in [0.2, 0.25) is 0 Å². The van der Waals surface area contributed by atoms with Crippen LogP contribution in [0.5, 0.6) is 0 Å². The average molecular weight is 388 g/mol. The molecule has 1 aromatic carbocycles. The molecule has 0 saturated carbocycles. The molecule has 2 aromatic rings. The maximum atomic E-state index is 13.0. The molecule has 6 nitrogen and oxygen atoms in total. The van der Waals surface area contributed by atoms with E-state index in [4.69, 9.17) is 0 Å². The molecule has 0 unspecified atom stereocenters. The molecule has 1 aliphatic heterocycles. The topological polar surface area (TPSA) is 67.2 Å². The van der Waals surface area contributed by atoms with Gasteiger partial charge in [-0.1, -0.05) is 6.08 Å². The third-order valence-corrected chi connectivity index (χ3v) is 4.67. The maximum Gasteiger partial charge on any atom is 0.416 e. The van der Waals surface area contributed by atoms with E-state index < -0.39 is 23.6 Å². The normalized spacial score (nSPS) is 18.4. The zero-order valence-corrected chi connectivity index (χ0v) is 14.7. The Kier molecular flexibility index (Phi) is 4.10. The molecule has 0 spiro atoms. The molecule has 2 amide bonds. The van der Waals surface area contributed by atoms with E-state index in [0.717, 1.165) is 12.1 Å². The number of hydrogen-bond donors (Lipinski definition) is 1. The number of benzene rings is 1. The molecule has 1 atom stereocenters. The van der Waals surface area contributed by atoms with Crippen LogP contribution in [-0.2, 0) is 6.18 Å². The minimum Gasteiger partial charge on any atom is -0.322 e. The van der Waals surface area contributed by atoms with Gasteiger partial charge in [-0.3, -0.25) is 14.3 Å². The SMILES string of the molecule is C[C@H]1CN(c2ccc(C(F)(F)F)cc2)C(=O)c2c(C(=O)NC3=CC=C3)cnn21. The summed E-state index contributed by atoms with van der Waals surface area (Å²) in [7, 11) is 0. The van der Waals surface area contributed by atoms with E-state index in [1.165, 1.54) is 27.9 Å². The minimum absolute atomic E-state index is 0.111. The summed E-state index contributed by atoms with van der Waals surface area (Å²) in [6.07, 6.45) is 2.08. The van der Waals surface area contributed by atoms with Crippen molar-refractivity contribution in [3.05, 3.63) is 71.2 Å². The molecule has 0 radical (unpaired) electrons.